The number of aromatic hydroxyl groups is 1. The number of benzene rings is 5. The molecule has 10 rings (SSSR count). The van der Waals surface area contributed by atoms with Crippen LogP contribution in [0.1, 0.15) is 29.9 Å². The molecule has 2 saturated heterocycles. The van der Waals surface area contributed by atoms with Crippen LogP contribution < -0.4 is 15.1 Å². The molecule has 13 heteroatoms. The van der Waals surface area contributed by atoms with Crippen molar-refractivity contribution in [3.63, 3.8) is 0 Å². The number of halogens is 2. The fraction of sp³-hybridized carbons (Fsp3) is 0.196. The summed E-state index contributed by atoms with van der Waals surface area (Å²) in [6.45, 7) is 0. The number of rotatable bonds is 7. The van der Waals surface area contributed by atoms with Crippen LogP contribution in [0.4, 0.5) is 15.8 Å². The largest absolute Gasteiger partial charge is 0.504 e. The van der Waals surface area contributed by atoms with Crippen molar-refractivity contribution in [2.24, 2.45) is 23.7 Å². The van der Waals surface area contributed by atoms with E-state index in [9.17, 15) is 23.9 Å². The summed E-state index contributed by atoms with van der Waals surface area (Å²) < 4.78 is 25.3. The second-order valence-electron chi connectivity index (χ2n) is 15.4. The molecule has 0 bridgehead atoms. The van der Waals surface area contributed by atoms with Gasteiger partial charge in [0.2, 0.25) is 17.7 Å². The lowest BCUT2D eigenvalue weighted by molar-refractivity contribution is -0.138. The molecule has 5 aromatic carbocycles. The number of phenols is 1. The fourth-order valence-electron chi connectivity index (χ4n) is 9.92. The van der Waals surface area contributed by atoms with Crippen molar-refractivity contribution in [1.82, 2.24) is 9.99 Å². The van der Waals surface area contributed by atoms with Gasteiger partial charge in [-0.3, -0.25) is 29.5 Å². The van der Waals surface area contributed by atoms with Crippen molar-refractivity contribution in [2.75, 3.05) is 17.4 Å². The summed E-state index contributed by atoms with van der Waals surface area (Å²) >= 11 is 6.39. The van der Waals surface area contributed by atoms with Crippen LogP contribution in [0.15, 0.2) is 131 Å². The van der Waals surface area contributed by atoms with E-state index in [0.717, 1.165) is 5.01 Å². The normalized spacial score (nSPS) is 24.9. The third-order valence-corrected chi connectivity index (χ3v) is 12.7. The minimum atomic E-state index is -1.60. The van der Waals surface area contributed by atoms with Crippen LogP contribution >= 0.6 is 11.6 Å². The SMILES string of the molecule is COc1ccc([C@H]2C3=CC[C@@H]4C(=O)N(c5ccc(-c6nc7ccccc7o6)cc5)C(=O)[C@@H]4[C@@H]3C[C@H]3C(=O)N(Nc4ccc(F)cc4)C(=O)[C@@]23c2ccc(Cl)cc2)cc1O. The number of allylic oxidation sites excluding steroid dienone is 2. The Morgan fingerprint density at radius 1 is 0.881 bits per heavy atom. The number of para-hydroxylation sites is 2. The maximum Gasteiger partial charge on any atom is 0.260 e. The molecule has 6 aromatic rings. The molecule has 59 heavy (non-hydrogen) atoms. The van der Waals surface area contributed by atoms with Crippen molar-refractivity contribution < 1.29 is 37.8 Å². The summed E-state index contributed by atoms with van der Waals surface area (Å²) in [5.41, 5.74) is 5.77. The average Bonchev–Trinajstić information content (AvgIpc) is 3.86. The smallest absolute Gasteiger partial charge is 0.260 e. The molecule has 1 aromatic heterocycles. The highest BCUT2D eigenvalue weighted by molar-refractivity contribution is 6.30. The molecule has 4 aliphatic rings. The topological polar surface area (TPSA) is 142 Å². The van der Waals surface area contributed by atoms with E-state index in [2.05, 4.69) is 10.4 Å². The van der Waals surface area contributed by atoms with E-state index in [0.29, 0.717) is 55.7 Å². The third kappa shape index (κ3) is 5.50. The van der Waals surface area contributed by atoms with Crippen LogP contribution in [0, 0.1) is 29.5 Å². The predicted octanol–water partition coefficient (Wildman–Crippen LogP) is 8.19. The number of fused-ring (bicyclic) bond motifs is 5. The number of nitrogens with zero attached hydrogens (tertiary/aromatic N) is 3. The number of hydrogen-bond acceptors (Lipinski definition) is 9. The molecule has 6 atom stereocenters. The van der Waals surface area contributed by atoms with Crippen LogP contribution in [0.3, 0.4) is 0 Å². The molecular formula is C46H34ClFN4O7. The highest BCUT2D eigenvalue weighted by Gasteiger charge is 2.70. The summed E-state index contributed by atoms with van der Waals surface area (Å²) in [6.07, 6.45) is 2.20. The first-order chi connectivity index (χ1) is 28.6. The van der Waals surface area contributed by atoms with E-state index in [1.165, 1.54) is 42.3 Å². The number of methoxy groups -OCH3 is 1. The van der Waals surface area contributed by atoms with Gasteiger partial charge in [0.1, 0.15) is 11.3 Å². The number of ether oxygens (including phenoxy) is 1. The van der Waals surface area contributed by atoms with Crippen LogP contribution in [0.2, 0.25) is 5.02 Å². The summed E-state index contributed by atoms with van der Waals surface area (Å²) in [5.74, 6) is -6.10. The molecular weight excluding hydrogens is 775 g/mol. The Bertz CT molecular complexity index is 2720. The second-order valence-corrected chi connectivity index (χ2v) is 15.8. The zero-order chi connectivity index (χ0) is 40.7. The Kier molecular flexibility index (Phi) is 8.46. The third-order valence-electron chi connectivity index (χ3n) is 12.5. The van der Waals surface area contributed by atoms with Crippen molar-refractivity contribution >= 4 is 57.7 Å². The average molecular weight is 809 g/mol. The van der Waals surface area contributed by atoms with Crippen LogP contribution in [-0.4, -0.2) is 45.8 Å². The fourth-order valence-corrected chi connectivity index (χ4v) is 10.0. The highest BCUT2D eigenvalue weighted by atomic mass is 35.5. The van der Waals surface area contributed by atoms with Gasteiger partial charge in [-0.15, -0.1) is 0 Å². The van der Waals surface area contributed by atoms with E-state index in [-0.39, 0.29) is 30.2 Å². The number of hydrogen-bond donors (Lipinski definition) is 2. The minimum absolute atomic E-state index is 0.0595. The summed E-state index contributed by atoms with van der Waals surface area (Å²) in [4.78, 5) is 65.1. The number of anilines is 2. The lowest BCUT2D eigenvalue weighted by Gasteiger charge is -2.50. The molecule has 294 valence electrons. The number of oxazole rings is 1. The van der Waals surface area contributed by atoms with Crippen LogP contribution in [0.5, 0.6) is 11.5 Å². The molecule has 11 nitrogen and oxygen atoms in total. The standard InChI is InChI=1S/C46H34ClFN4O7/c1-58-38-21-8-25(22-36(38)53)40-31-19-20-32-39(44(56)51(42(32)54)30-17-6-24(7-18-30)41-49-35-4-2-3-5-37(35)59-41)33(31)23-34-43(55)52(50-29-15-13-28(48)14-16-29)45(57)46(34,40)26-9-11-27(47)12-10-26/h2-19,21-22,32-34,39-40,50,53H,20,23H2,1H3/t32-,33+,34-,39-,40-,46+/m0/s1. The number of phenolic OH excluding ortho intramolecular Hbond substituents is 1. The Hall–Kier alpha value is -6.79. The van der Waals surface area contributed by atoms with E-state index in [4.69, 9.17) is 20.8 Å². The molecule has 2 aliphatic heterocycles. The van der Waals surface area contributed by atoms with E-state index < -0.39 is 58.5 Å². The molecule has 1 saturated carbocycles. The minimum Gasteiger partial charge on any atom is -0.504 e. The first-order valence-corrected chi connectivity index (χ1v) is 19.5. The number of amides is 4. The summed E-state index contributed by atoms with van der Waals surface area (Å²) in [5, 5.41) is 12.6. The van der Waals surface area contributed by atoms with Gasteiger partial charge in [0.15, 0.2) is 17.1 Å². The Labute approximate surface area is 341 Å². The van der Waals surface area contributed by atoms with Gasteiger partial charge in [-0.05, 0) is 115 Å². The number of imide groups is 2. The van der Waals surface area contributed by atoms with Crippen molar-refractivity contribution in [3.8, 4) is 23.0 Å². The van der Waals surface area contributed by atoms with Gasteiger partial charge in [-0.25, -0.2) is 9.37 Å². The van der Waals surface area contributed by atoms with Gasteiger partial charge in [0, 0.05) is 16.5 Å². The van der Waals surface area contributed by atoms with Gasteiger partial charge in [0.05, 0.1) is 41.7 Å². The number of hydrazine groups is 1. The predicted molar refractivity (Wildman–Crippen MR) is 216 cm³/mol. The molecule has 4 amide bonds. The maximum absolute atomic E-state index is 15.3. The van der Waals surface area contributed by atoms with Gasteiger partial charge in [-0.2, -0.15) is 5.01 Å². The Morgan fingerprint density at radius 2 is 1.63 bits per heavy atom. The molecule has 0 radical (unpaired) electrons. The Morgan fingerprint density at radius 3 is 2.34 bits per heavy atom. The number of carbonyl (C=O) groups is 4. The van der Waals surface area contributed by atoms with Gasteiger partial charge >= 0.3 is 0 Å². The molecule has 0 unspecified atom stereocenters. The van der Waals surface area contributed by atoms with E-state index in [1.807, 2.05) is 30.3 Å². The number of aromatic nitrogens is 1. The monoisotopic (exact) mass is 808 g/mol. The molecule has 3 fully saturated rings. The molecule has 0 spiro atoms. The Balaban J connectivity index is 1.08. The zero-order valence-corrected chi connectivity index (χ0v) is 32.1. The van der Waals surface area contributed by atoms with E-state index in [1.54, 1.807) is 60.7 Å². The van der Waals surface area contributed by atoms with Crippen LogP contribution in [-0.2, 0) is 24.6 Å². The second kappa shape index (κ2) is 13.7. The zero-order valence-electron chi connectivity index (χ0n) is 31.3. The highest BCUT2D eigenvalue weighted by Crippen LogP contribution is 2.64. The van der Waals surface area contributed by atoms with Crippen molar-refractivity contribution in [3.05, 3.63) is 149 Å². The molecule has 2 aliphatic carbocycles. The first kappa shape index (κ1) is 36.5. The lowest BCUT2D eigenvalue weighted by atomic mass is 9.49. The number of nitrogens with one attached hydrogen (secondary N) is 1. The summed E-state index contributed by atoms with van der Waals surface area (Å²) in [6, 6.07) is 31.2. The quantitative estimate of drug-likeness (QED) is 0.121. The molecule has 3 heterocycles. The maximum atomic E-state index is 15.3. The summed E-state index contributed by atoms with van der Waals surface area (Å²) in [7, 11) is 1.43. The first-order valence-electron chi connectivity index (χ1n) is 19.2. The van der Waals surface area contributed by atoms with Crippen molar-refractivity contribution in [1.29, 1.82) is 0 Å². The van der Waals surface area contributed by atoms with E-state index >= 15 is 4.79 Å². The molecule has 2 N–H and O–H groups in total. The number of carbonyl (C=O) groups excluding carboxylic acids is 4. The lowest BCUT2D eigenvalue weighted by Crippen LogP contribution is -2.53. The van der Waals surface area contributed by atoms with Crippen LogP contribution in [0.25, 0.3) is 22.6 Å². The van der Waals surface area contributed by atoms with Crippen molar-refractivity contribution in [2.45, 2.75) is 24.2 Å². The van der Waals surface area contributed by atoms with Gasteiger partial charge < -0.3 is 14.3 Å². The van der Waals surface area contributed by atoms with Gasteiger partial charge in [-0.1, -0.05) is 53.6 Å². The van der Waals surface area contributed by atoms with Gasteiger partial charge in [0.25, 0.3) is 11.8 Å².